The van der Waals surface area contributed by atoms with Crippen LogP contribution in [-0.4, -0.2) is 11.2 Å². The zero-order chi connectivity index (χ0) is 9.97. The minimum Gasteiger partial charge on any atom is -0.393 e. The van der Waals surface area contributed by atoms with E-state index in [2.05, 4.69) is 24.3 Å². The molecule has 0 aromatic heterocycles. The molecule has 1 nitrogen and oxygen atoms in total. The lowest BCUT2D eigenvalue weighted by molar-refractivity contribution is 0.153. The molecule has 1 heteroatoms. The summed E-state index contributed by atoms with van der Waals surface area (Å²) in [7, 11) is 0. The monoisotopic (exact) mass is 190 g/mol. The standard InChI is InChI=1S/C13H18O/c1-2-12(14)8-7-11-9-10-5-3-4-6-13(10)11/h3-6,11-12,14H,2,7-9H2,1H3. The topological polar surface area (TPSA) is 20.2 Å². The second-order valence-electron chi connectivity index (χ2n) is 4.24. The Morgan fingerprint density at radius 2 is 2.21 bits per heavy atom. The van der Waals surface area contributed by atoms with Gasteiger partial charge >= 0.3 is 0 Å². The second-order valence-corrected chi connectivity index (χ2v) is 4.24. The van der Waals surface area contributed by atoms with Crippen LogP contribution in [0.1, 0.15) is 43.2 Å². The van der Waals surface area contributed by atoms with Gasteiger partial charge in [0.25, 0.3) is 0 Å². The molecule has 0 amide bonds. The van der Waals surface area contributed by atoms with Crippen LogP contribution in [0, 0.1) is 0 Å². The molecule has 1 aromatic carbocycles. The van der Waals surface area contributed by atoms with Gasteiger partial charge in [0.05, 0.1) is 6.10 Å². The van der Waals surface area contributed by atoms with Crippen LogP contribution in [0.25, 0.3) is 0 Å². The van der Waals surface area contributed by atoms with E-state index in [0.717, 1.165) is 19.3 Å². The molecule has 0 saturated carbocycles. The van der Waals surface area contributed by atoms with Gasteiger partial charge in [-0.25, -0.2) is 0 Å². The van der Waals surface area contributed by atoms with Gasteiger partial charge in [-0.1, -0.05) is 31.2 Å². The second kappa shape index (κ2) is 4.14. The third-order valence-electron chi connectivity index (χ3n) is 3.28. The number of benzene rings is 1. The highest BCUT2D eigenvalue weighted by molar-refractivity contribution is 5.39. The molecule has 1 N–H and O–H groups in total. The van der Waals surface area contributed by atoms with Crippen LogP contribution in [0.3, 0.4) is 0 Å². The molecule has 0 spiro atoms. The van der Waals surface area contributed by atoms with E-state index in [1.165, 1.54) is 17.5 Å². The van der Waals surface area contributed by atoms with E-state index in [-0.39, 0.29) is 6.10 Å². The summed E-state index contributed by atoms with van der Waals surface area (Å²) in [5.41, 5.74) is 3.01. The van der Waals surface area contributed by atoms with E-state index < -0.39 is 0 Å². The average molecular weight is 190 g/mol. The SMILES string of the molecule is CCC(O)CCC1Cc2ccccc21. The molecule has 0 bridgehead atoms. The molecule has 0 heterocycles. The Balaban J connectivity index is 1.87. The number of aliphatic hydroxyl groups is 1. The average Bonchev–Trinajstić information content (AvgIpc) is 2.19. The normalized spacial score (nSPS) is 21.1. The molecule has 14 heavy (non-hydrogen) atoms. The molecule has 1 aromatic rings. The third-order valence-corrected chi connectivity index (χ3v) is 3.28. The first-order valence-corrected chi connectivity index (χ1v) is 5.57. The van der Waals surface area contributed by atoms with E-state index in [1.54, 1.807) is 0 Å². The Bertz CT molecular complexity index is 306. The van der Waals surface area contributed by atoms with Gasteiger partial charge in [0, 0.05) is 0 Å². The lowest BCUT2D eigenvalue weighted by Crippen LogP contribution is -2.18. The number of hydrogen-bond donors (Lipinski definition) is 1. The van der Waals surface area contributed by atoms with E-state index in [9.17, 15) is 5.11 Å². The molecule has 2 atom stereocenters. The number of fused-ring (bicyclic) bond motifs is 1. The Hall–Kier alpha value is -0.820. The van der Waals surface area contributed by atoms with Crippen molar-refractivity contribution in [3.63, 3.8) is 0 Å². The lowest BCUT2D eigenvalue weighted by Gasteiger charge is -2.30. The van der Waals surface area contributed by atoms with Gasteiger partial charge in [-0.2, -0.15) is 0 Å². The zero-order valence-corrected chi connectivity index (χ0v) is 8.74. The fraction of sp³-hybridized carbons (Fsp3) is 0.538. The van der Waals surface area contributed by atoms with Crippen molar-refractivity contribution >= 4 is 0 Å². The zero-order valence-electron chi connectivity index (χ0n) is 8.74. The predicted molar refractivity (Wildman–Crippen MR) is 58.4 cm³/mol. The first-order valence-electron chi connectivity index (χ1n) is 5.57. The van der Waals surface area contributed by atoms with Gasteiger partial charge in [-0.3, -0.25) is 0 Å². The summed E-state index contributed by atoms with van der Waals surface area (Å²) in [5.74, 6) is 0.715. The molecule has 0 fully saturated rings. The Labute approximate surface area is 85.8 Å². The van der Waals surface area contributed by atoms with Gasteiger partial charge in [0.1, 0.15) is 0 Å². The molecule has 1 aliphatic rings. The van der Waals surface area contributed by atoms with Crippen molar-refractivity contribution in [3.05, 3.63) is 35.4 Å². The van der Waals surface area contributed by atoms with Crippen LogP contribution in [0.4, 0.5) is 0 Å². The highest BCUT2D eigenvalue weighted by Crippen LogP contribution is 2.38. The number of rotatable bonds is 4. The summed E-state index contributed by atoms with van der Waals surface area (Å²) in [4.78, 5) is 0. The Morgan fingerprint density at radius 3 is 2.93 bits per heavy atom. The van der Waals surface area contributed by atoms with Crippen LogP contribution in [0.5, 0.6) is 0 Å². The van der Waals surface area contributed by atoms with Crippen LogP contribution < -0.4 is 0 Å². The van der Waals surface area contributed by atoms with Gasteiger partial charge in [-0.15, -0.1) is 0 Å². The van der Waals surface area contributed by atoms with Crippen LogP contribution in [0.2, 0.25) is 0 Å². The minimum absolute atomic E-state index is 0.0947. The summed E-state index contributed by atoms with van der Waals surface area (Å²) in [5, 5.41) is 9.47. The van der Waals surface area contributed by atoms with Crippen molar-refractivity contribution < 1.29 is 5.11 Å². The maximum Gasteiger partial charge on any atom is 0.0537 e. The lowest BCUT2D eigenvalue weighted by atomic mass is 9.75. The summed E-state index contributed by atoms with van der Waals surface area (Å²) in [6, 6.07) is 8.65. The first kappa shape index (κ1) is 9.72. The van der Waals surface area contributed by atoms with Crippen molar-refractivity contribution in [2.75, 3.05) is 0 Å². The predicted octanol–water partition coefficient (Wildman–Crippen LogP) is 2.88. The summed E-state index contributed by atoms with van der Waals surface area (Å²) in [6.45, 7) is 2.04. The van der Waals surface area contributed by atoms with E-state index in [1.807, 2.05) is 6.92 Å². The molecule has 1 aliphatic carbocycles. The maximum absolute atomic E-state index is 9.47. The molecular weight excluding hydrogens is 172 g/mol. The van der Waals surface area contributed by atoms with Gasteiger partial charge in [0.15, 0.2) is 0 Å². The van der Waals surface area contributed by atoms with Crippen molar-refractivity contribution in [1.82, 2.24) is 0 Å². The number of hydrogen-bond acceptors (Lipinski definition) is 1. The summed E-state index contributed by atoms with van der Waals surface area (Å²) < 4.78 is 0. The van der Waals surface area contributed by atoms with E-state index >= 15 is 0 Å². The number of aliphatic hydroxyl groups excluding tert-OH is 1. The third kappa shape index (κ3) is 1.83. The van der Waals surface area contributed by atoms with Crippen molar-refractivity contribution in [1.29, 1.82) is 0 Å². The molecule has 0 radical (unpaired) electrons. The van der Waals surface area contributed by atoms with Crippen LogP contribution in [0.15, 0.2) is 24.3 Å². The van der Waals surface area contributed by atoms with Crippen molar-refractivity contribution in [3.8, 4) is 0 Å². The first-order chi connectivity index (χ1) is 6.81. The van der Waals surface area contributed by atoms with Crippen LogP contribution >= 0.6 is 0 Å². The van der Waals surface area contributed by atoms with Crippen molar-refractivity contribution in [2.24, 2.45) is 0 Å². The Morgan fingerprint density at radius 1 is 1.43 bits per heavy atom. The summed E-state index contributed by atoms with van der Waals surface area (Å²) >= 11 is 0. The van der Waals surface area contributed by atoms with Gasteiger partial charge < -0.3 is 5.11 Å². The molecule has 2 rings (SSSR count). The molecule has 76 valence electrons. The van der Waals surface area contributed by atoms with Crippen molar-refractivity contribution in [2.45, 2.75) is 44.6 Å². The maximum atomic E-state index is 9.47. The van der Waals surface area contributed by atoms with E-state index in [0.29, 0.717) is 5.92 Å². The van der Waals surface area contributed by atoms with Crippen LogP contribution in [-0.2, 0) is 6.42 Å². The smallest absolute Gasteiger partial charge is 0.0537 e. The fourth-order valence-corrected chi connectivity index (χ4v) is 2.22. The van der Waals surface area contributed by atoms with Gasteiger partial charge in [-0.05, 0) is 42.7 Å². The molecule has 2 unspecified atom stereocenters. The highest BCUT2D eigenvalue weighted by Gasteiger charge is 2.25. The largest absolute Gasteiger partial charge is 0.393 e. The van der Waals surface area contributed by atoms with E-state index in [4.69, 9.17) is 0 Å². The Kier molecular flexibility index (Phi) is 2.87. The highest BCUT2D eigenvalue weighted by atomic mass is 16.3. The molecule has 0 saturated heterocycles. The summed E-state index contributed by atoms with van der Waals surface area (Å²) in [6.07, 6.45) is 4.10. The molecular formula is C13H18O. The molecule has 0 aliphatic heterocycles. The quantitative estimate of drug-likeness (QED) is 0.774. The van der Waals surface area contributed by atoms with Gasteiger partial charge in [0.2, 0.25) is 0 Å². The fourth-order valence-electron chi connectivity index (χ4n) is 2.22. The minimum atomic E-state index is -0.0947.